The predicted octanol–water partition coefficient (Wildman–Crippen LogP) is 3.70. The monoisotopic (exact) mass is 249 g/mol. The molecule has 0 aliphatic rings. The average Bonchev–Trinajstić information content (AvgIpc) is 2.30. The van der Waals surface area contributed by atoms with Crippen LogP contribution in [0.4, 0.5) is 0 Å². The van der Waals surface area contributed by atoms with Crippen molar-refractivity contribution in [3.05, 3.63) is 53.2 Å². The lowest BCUT2D eigenvalue weighted by Gasteiger charge is -2.01. The van der Waals surface area contributed by atoms with Crippen molar-refractivity contribution < 1.29 is 4.79 Å². The molecule has 0 atom stereocenters. The van der Waals surface area contributed by atoms with Crippen LogP contribution in [-0.2, 0) is 0 Å². The zero-order valence-electron chi connectivity index (χ0n) is 8.26. The molecule has 0 N–H and O–H groups in total. The van der Waals surface area contributed by atoms with Crippen molar-refractivity contribution in [1.82, 2.24) is 4.98 Å². The SMILES string of the molecule is O=Cc1ccc(Sc2cccc(Cl)c2)nc1. The van der Waals surface area contributed by atoms with Gasteiger partial charge in [-0.2, -0.15) is 0 Å². The van der Waals surface area contributed by atoms with E-state index in [1.165, 1.54) is 11.8 Å². The van der Waals surface area contributed by atoms with E-state index < -0.39 is 0 Å². The number of nitrogens with zero attached hydrogens (tertiary/aromatic N) is 1. The first-order valence-corrected chi connectivity index (χ1v) is 5.82. The summed E-state index contributed by atoms with van der Waals surface area (Å²) in [6, 6.07) is 11.1. The van der Waals surface area contributed by atoms with Crippen LogP contribution in [0.1, 0.15) is 10.4 Å². The molecule has 2 rings (SSSR count). The summed E-state index contributed by atoms with van der Waals surface area (Å²) in [7, 11) is 0. The summed E-state index contributed by atoms with van der Waals surface area (Å²) in [6.45, 7) is 0. The number of pyridine rings is 1. The van der Waals surface area contributed by atoms with E-state index in [-0.39, 0.29) is 0 Å². The fraction of sp³-hybridized carbons (Fsp3) is 0. The van der Waals surface area contributed by atoms with Crippen molar-refractivity contribution in [2.75, 3.05) is 0 Å². The zero-order valence-corrected chi connectivity index (χ0v) is 9.83. The quantitative estimate of drug-likeness (QED) is 0.777. The van der Waals surface area contributed by atoms with Gasteiger partial charge in [0.25, 0.3) is 0 Å². The highest BCUT2D eigenvalue weighted by Crippen LogP contribution is 2.27. The van der Waals surface area contributed by atoms with Crippen LogP contribution in [-0.4, -0.2) is 11.3 Å². The first kappa shape index (κ1) is 11.2. The number of carbonyl (C=O) groups is 1. The Kier molecular flexibility index (Phi) is 3.59. The Morgan fingerprint density at radius 2 is 2.12 bits per heavy atom. The largest absolute Gasteiger partial charge is 0.298 e. The molecule has 0 spiro atoms. The van der Waals surface area contributed by atoms with Gasteiger partial charge in [0.15, 0.2) is 6.29 Å². The molecule has 0 radical (unpaired) electrons. The van der Waals surface area contributed by atoms with Gasteiger partial charge in [-0.15, -0.1) is 0 Å². The molecule has 0 saturated heterocycles. The molecule has 0 amide bonds. The molecule has 1 aromatic carbocycles. The highest BCUT2D eigenvalue weighted by atomic mass is 35.5. The molecule has 0 saturated carbocycles. The molecule has 16 heavy (non-hydrogen) atoms. The Labute approximate surface area is 103 Å². The molecule has 0 aliphatic carbocycles. The summed E-state index contributed by atoms with van der Waals surface area (Å²) < 4.78 is 0. The molecule has 2 aromatic rings. The number of hydrogen-bond acceptors (Lipinski definition) is 3. The summed E-state index contributed by atoms with van der Waals surface area (Å²) in [5, 5.41) is 1.54. The summed E-state index contributed by atoms with van der Waals surface area (Å²) in [4.78, 5) is 15.6. The second kappa shape index (κ2) is 5.14. The van der Waals surface area contributed by atoms with Gasteiger partial charge in [-0.25, -0.2) is 4.98 Å². The Bertz CT molecular complexity index is 499. The Morgan fingerprint density at radius 1 is 1.25 bits per heavy atom. The standard InChI is InChI=1S/C12H8ClNOS/c13-10-2-1-3-11(6-10)16-12-5-4-9(8-15)7-14-12/h1-8H. The smallest absolute Gasteiger partial charge is 0.151 e. The summed E-state index contributed by atoms with van der Waals surface area (Å²) >= 11 is 7.39. The average molecular weight is 250 g/mol. The minimum absolute atomic E-state index is 0.579. The number of hydrogen-bond donors (Lipinski definition) is 0. The number of halogens is 1. The molecule has 0 fully saturated rings. The van der Waals surface area contributed by atoms with Crippen molar-refractivity contribution in [2.45, 2.75) is 9.92 Å². The summed E-state index contributed by atoms with van der Waals surface area (Å²) in [6.07, 6.45) is 2.33. The fourth-order valence-corrected chi connectivity index (χ4v) is 2.24. The van der Waals surface area contributed by atoms with E-state index in [4.69, 9.17) is 11.6 Å². The van der Waals surface area contributed by atoms with Crippen LogP contribution < -0.4 is 0 Å². The second-order valence-electron chi connectivity index (χ2n) is 3.11. The lowest BCUT2D eigenvalue weighted by Crippen LogP contribution is -1.84. The molecule has 80 valence electrons. The van der Waals surface area contributed by atoms with Crippen molar-refractivity contribution in [3.63, 3.8) is 0 Å². The molecule has 1 aromatic heterocycles. The van der Waals surface area contributed by atoms with E-state index in [1.807, 2.05) is 30.3 Å². The second-order valence-corrected chi connectivity index (χ2v) is 4.64. The molecule has 0 unspecified atom stereocenters. The normalized spacial score (nSPS) is 10.1. The highest BCUT2D eigenvalue weighted by molar-refractivity contribution is 7.99. The number of aldehydes is 1. The van der Waals surface area contributed by atoms with Crippen LogP contribution >= 0.6 is 23.4 Å². The van der Waals surface area contributed by atoms with E-state index >= 15 is 0 Å². The first-order chi connectivity index (χ1) is 7.78. The van der Waals surface area contributed by atoms with Crippen LogP contribution in [0.25, 0.3) is 0 Å². The van der Waals surface area contributed by atoms with E-state index in [1.54, 1.807) is 12.3 Å². The topological polar surface area (TPSA) is 30.0 Å². The van der Waals surface area contributed by atoms with Gasteiger partial charge < -0.3 is 0 Å². The lowest BCUT2D eigenvalue weighted by atomic mass is 10.3. The number of aromatic nitrogens is 1. The van der Waals surface area contributed by atoms with Gasteiger partial charge >= 0.3 is 0 Å². The van der Waals surface area contributed by atoms with E-state index in [9.17, 15) is 4.79 Å². The number of benzene rings is 1. The van der Waals surface area contributed by atoms with Crippen LogP contribution in [0.15, 0.2) is 52.5 Å². The van der Waals surface area contributed by atoms with E-state index in [2.05, 4.69) is 4.98 Å². The number of carbonyl (C=O) groups excluding carboxylic acids is 1. The summed E-state index contributed by atoms with van der Waals surface area (Å²) in [5.74, 6) is 0. The molecular weight excluding hydrogens is 242 g/mol. The van der Waals surface area contributed by atoms with Crippen molar-refractivity contribution in [1.29, 1.82) is 0 Å². The Balaban J connectivity index is 2.17. The van der Waals surface area contributed by atoms with Crippen molar-refractivity contribution in [2.24, 2.45) is 0 Å². The maximum atomic E-state index is 10.5. The molecule has 0 aliphatic heterocycles. The third-order valence-corrected chi connectivity index (χ3v) is 3.09. The van der Waals surface area contributed by atoms with Crippen LogP contribution in [0.5, 0.6) is 0 Å². The Morgan fingerprint density at radius 3 is 2.75 bits per heavy atom. The molecule has 0 bridgehead atoms. The van der Waals surface area contributed by atoms with Gasteiger partial charge in [0, 0.05) is 21.7 Å². The van der Waals surface area contributed by atoms with Crippen LogP contribution in [0.2, 0.25) is 5.02 Å². The lowest BCUT2D eigenvalue weighted by molar-refractivity contribution is 0.112. The van der Waals surface area contributed by atoms with Gasteiger partial charge in [-0.1, -0.05) is 29.4 Å². The minimum Gasteiger partial charge on any atom is -0.298 e. The third-order valence-electron chi connectivity index (χ3n) is 1.91. The van der Waals surface area contributed by atoms with Gasteiger partial charge in [0.05, 0.1) is 0 Å². The van der Waals surface area contributed by atoms with Crippen molar-refractivity contribution in [3.8, 4) is 0 Å². The zero-order chi connectivity index (χ0) is 11.4. The molecule has 4 heteroatoms. The van der Waals surface area contributed by atoms with Gasteiger partial charge in [-0.05, 0) is 30.3 Å². The van der Waals surface area contributed by atoms with Gasteiger partial charge in [0.2, 0.25) is 0 Å². The van der Waals surface area contributed by atoms with Crippen molar-refractivity contribution >= 4 is 29.6 Å². The third kappa shape index (κ3) is 2.84. The molecule has 2 nitrogen and oxygen atoms in total. The maximum absolute atomic E-state index is 10.5. The van der Waals surface area contributed by atoms with Gasteiger partial charge in [-0.3, -0.25) is 4.79 Å². The van der Waals surface area contributed by atoms with E-state index in [0.29, 0.717) is 10.6 Å². The van der Waals surface area contributed by atoms with Crippen LogP contribution in [0.3, 0.4) is 0 Å². The maximum Gasteiger partial charge on any atom is 0.151 e. The first-order valence-electron chi connectivity index (χ1n) is 4.62. The van der Waals surface area contributed by atoms with Crippen LogP contribution in [0, 0.1) is 0 Å². The molecular formula is C12H8ClNOS. The minimum atomic E-state index is 0.579. The predicted molar refractivity (Wildman–Crippen MR) is 65.2 cm³/mol. The van der Waals surface area contributed by atoms with E-state index in [0.717, 1.165) is 16.2 Å². The number of rotatable bonds is 3. The molecule has 1 heterocycles. The Hall–Kier alpha value is -1.32. The highest BCUT2D eigenvalue weighted by Gasteiger charge is 1.99. The fourth-order valence-electron chi connectivity index (χ4n) is 1.17. The van der Waals surface area contributed by atoms with Gasteiger partial charge in [0.1, 0.15) is 5.03 Å². The summed E-state index contributed by atoms with van der Waals surface area (Å²) in [5.41, 5.74) is 0.579.